The molecule has 0 atom stereocenters. The second-order valence-electron chi connectivity index (χ2n) is 7.27. The smallest absolute Gasteiger partial charge is 0.221 e. The largest absolute Gasteiger partial charge is 0.356 e. The van der Waals surface area contributed by atoms with Crippen LogP contribution in [0.15, 0.2) is 93.5 Å². The van der Waals surface area contributed by atoms with Gasteiger partial charge in [-0.1, -0.05) is 54.2 Å². The Bertz CT molecular complexity index is 1120. The normalized spacial score (nSPS) is 12.7. The lowest BCUT2D eigenvalue weighted by atomic mass is 10.2. The molecule has 3 aromatic carbocycles. The summed E-state index contributed by atoms with van der Waals surface area (Å²) in [4.78, 5) is 17.3. The van der Waals surface area contributed by atoms with Crippen LogP contribution in [-0.2, 0) is 14.6 Å². The highest BCUT2D eigenvalue weighted by atomic mass is 32.2. The summed E-state index contributed by atoms with van der Waals surface area (Å²) in [5.41, 5.74) is 2.21. The van der Waals surface area contributed by atoms with Gasteiger partial charge in [0.2, 0.25) is 5.91 Å². The van der Waals surface area contributed by atoms with E-state index in [9.17, 15) is 13.2 Å². The van der Waals surface area contributed by atoms with Crippen molar-refractivity contribution in [2.24, 2.45) is 0 Å². The first-order valence-corrected chi connectivity index (χ1v) is 12.7. The van der Waals surface area contributed by atoms with Crippen molar-refractivity contribution in [3.63, 3.8) is 0 Å². The first kappa shape index (κ1) is 21.5. The van der Waals surface area contributed by atoms with Crippen LogP contribution < -0.4 is 10.2 Å². The molecule has 0 bridgehead atoms. The van der Waals surface area contributed by atoms with Gasteiger partial charge in [-0.25, -0.2) is 8.42 Å². The van der Waals surface area contributed by atoms with Crippen molar-refractivity contribution < 1.29 is 13.2 Å². The fourth-order valence-electron chi connectivity index (χ4n) is 3.56. The number of hydrogen-bond acceptors (Lipinski definition) is 5. The minimum Gasteiger partial charge on any atom is -0.356 e. The van der Waals surface area contributed by atoms with E-state index in [2.05, 4.69) is 34.5 Å². The summed E-state index contributed by atoms with van der Waals surface area (Å²) >= 11 is 1.74. The molecule has 160 valence electrons. The molecule has 4 rings (SSSR count). The zero-order valence-electron chi connectivity index (χ0n) is 17.0. The Balaban J connectivity index is 1.31. The number of sulfone groups is 1. The molecule has 1 aliphatic rings. The van der Waals surface area contributed by atoms with Crippen molar-refractivity contribution in [2.45, 2.75) is 27.5 Å². The maximum atomic E-state index is 12.4. The lowest BCUT2D eigenvalue weighted by Crippen LogP contribution is -2.30. The van der Waals surface area contributed by atoms with Crippen LogP contribution in [0, 0.1) is 0 Å². The second kappa shape index (κ2) is 9.58. The summed E-state index contributed by atoms with van der Waals surface area (Å²) in [6, 6.07) is 24.8. The van der Waals surface area contributed by atoms with Gasteiger partial charge in [0, 0.05) is 29.3 Å². The number of nitrogens with zero attached hydrogens (tertiary/aromatic N) is 1. The number of rotatable bonds is 8. The molecule has 0 saturated carbocycles. The maximum Gasteiger partial charge on any atom is 0.221 e. The van der Waals surface area contributed by atoms with E-state index < -0.39 is 9.84 Å². The van der Waals surface area contributed by atoms with Crippen LogP contribution in [0.1, 0.15) is 12.8 Å². The predicted molar refractivity (Wildman–Crippen MR) is 125 cm³/mol. The molecule has 0 spiro atoms. The van der Waals surface area contributed by atoms with Crippen molar-refractivity contribution in [3.8, 4) is 0 Å². The van der Waals surface area contributed by atoms with E-state index in [0.29, 0.717) is 30.8 Å². The van der Waals surface area contributed by atoms with Crippen LogP contribution in [0.3, 0.4) is 0 Å². The minimum atomic E-state index is -3.32. The first-order chi connectivity index (χ1) is 15.0. The van der Waals surface area contributed by atoms with Gasteiger partial charge in [-0.3, -0.25) is 4.79 Å². The van der Waals surface area contributed by atoms with E-state index in [1.165, 1.54) is 9.79 Å². The molecular formula is C24H24N2O3S2. The Morgan fingerprint density at radius 2 is 1.42 bits per heavy atom. The van der Waals surface area contributed by atoms with E-state index in [-0.39, 0.29) is 11.7 Å². The van der Waals surface area contributed by atoms with E-state index in [1.807, 2.05) is 24.3 Å². The van der Waals surface area contributed by atoms with Gasteiger partial charge in [0.05, 0.1) is 22.0 Å². The Hall–Kier alpha value is -2.77. The van der Waals surface area contributed by atoms with Crippen LogP contribution in [0.2, 0.25) is 0 Å². The van der Waals surface area contributed by atoms with Crippen LogP contribution in [0.5, 0.6) is 0 Å². The van der Waals surface area contributed by atoms with Gasteiger partial charge in [-0.15, -0.1) is 0 Å². The molecule has 7 heteroatoms. The van der Waals surface area contributed by atoms with Crippen molar-refractivity contribution in [2.75, 3.05) is 23.7 Å². The highest BCUT2D eigenvalue weighted by Gasteiger charge is 2.23. The third-order valence-corrected chi connectivity index (χ3v) is 8.06. The fourth-order valence-corrected chi connectivity index (χ4v) is 5.99. The average Bonchev–Trinajstić information content (AvgIpc) is 2.80. The van der Waals surface area contributed by atoms with Crippen LogP contribution in [0.25, 0.3) is 0 Å². The van der Waals surface area contributed by atoms with Gasteiger partial charge in [-0.2, -0.15) is 0 Å². The lowest BCUT2D eigenvalue weighted by molar-refractivity contribution is -0.120. The maximum absolute atomic E-state index is 12.4. The predicted octanol–water partition coefficient (Wildman–Crippen LogP) is 4.66. The Kier molecular flexibility index (Phi) is 6.63. The highest BCUT2D eigenvalue weighted by molar-refractivity contribution is 7.99. The van der Waals surface area contributed by atoms with Crippen LogP contribution in [0.4, 0.5) is 11.4 Å². The molecule has 31 heavy (non-hydrogen) atoms. The number of hydrogen-bond donors (Lipinski definition) is 1. The number of nitrogens with one attached hydrogen (secondary N) is 1. The topological polar surface area (TPSA) is 66.5 Å². The SMILES string of the molecule is O=C(CCN1c2ccccc2Sc2ccccc21)NCCCS(=O)(=O)c1ccccc1. The number of carbonyl (C=O) groups is 1. The number of anilines is 2. The number of fused-ring (bicyclic) bond motifs is 2. The Labute approximate surface area is 187 Å². The number of amides is 1. The number of benzene rings is 3. The first-order valence-electron chi connectivity index (χ1n) is 10.2. The molecule has 0 aromatic heterocycles. The van der Waals surface area contributed by atoms with Gasteiger partial charge in [0.15, 0.2) is 9.84 Å². The number of carbonyl (C=O) groups excluding carboxylic acids is 1. The van der Waals surface area contributed by atoms with Crippen molar-refractivity contribution >= 4 is 38.9 Å². The summed E-state index contributed by atoms with van der Waals surface area (Å²) < 4.78 is 24.6. The standard InChI is InChI=1S/C24H24N2O3S2/c27-24(25-16-8-18-31(28,29)19-9-2-1-3-10-19)15-17-26-20-11-4-6-13-22(20)30-23-14-7-5-12-21(23)26/h1-7,9-14H,8,15-18H2,(H,25,27). The molecule has 5 nitrogen and oxygen atoms in total. The van der Waals surface area contributed by atoms with Gasteiger partial charge >= 0.3 is 0 Å². The summed E-state index contributed by atoms with van der Waals surface area (Å²) in [7, 11) is -3.32. The molecule has 0 aliphatic carbocycles. The monoisotopic (exact) mass is 452 g/mol. The minimum absolute atomic E-state index is 0.0153. The molecule has 3 aromatic rings. The molecule has 1 N–H and O–H groups in total. The second-order valence-corrected chi connectivity index (χ2v) is 10.5. The van der Waals surface area contributed by atoms with E-state index in [4.69, 9.17) is 0 Å². The van der Waals surface area contributed by atoms with Crippen molar-refractivity contribution in [3.05, 3.63) is 78.9 Å². The summed E-state index contributed by atoms with van der Waals surface area (Å²) in [5, 5.41) is 2.86. The lowest BCUT2D eigenvalue weighted by Gasteiger charge is -2.32. The highest BCUT2D eigenvalue weighted by Crippen LogP contribution is 2.47. The zero-order valence-corrected chi connectivity index (χ0v) is 18.7. The molecule has 0 unspecified atom stereocenters. The van der Waals surface area contributed by atoms with Crippen LogP contribution >= 0.6 is 11.8 Å². The Morgan fingerprint density at radius 3 is 2.06 bits per heavy atom. The molecule has 1 heterocycles. The van der Waals surface area contributed by atoms with E-state index in [0.717, 1.165) is 11.4 Å². The van der Waals surface area contributed by atoms with E-state index in [1.54, 1.807) is 42.1 Å². The average molecular weight is 453 g/mol. The third-order valence-electron chi connectivity index (χ3n) is 5.11. The molecule has 0 radical (unpaired) electrons. The number of para-hydroxylation sites is 2. The fraction of sp³-hybridized carbons (Fsp3) is 0.208. The van der Waals surface area contributed by atoms with Gasteiger partial charge < -0.3 is 10.2 Å². The van der Waals surface area contributed by atoms with Gasteiger partial charge in [0.1, 0.15) is 0 Å². The van der Waals surface area contributed by atoms with E-state index >= 15 is 0 Å². The summed E-state index contributed by atoms with van der Waals surface area (Å²) in [5.74, 6) is -0.0632. The molecule has 0 saturated heterocycles. The molecule has 0 fully saturated rings. The molecule has 1 aliphatic heterocycles. The Morgan fingerprint density at radius 1 is 0.839 bits per heavy atom. The van der Waals surface area contributed by atoms with Gasteiger partial charge in [0.25, 0.3) is 0 Å². The zero-order chi connectivity index (χ0) is 21.7. The molecule has 1 amide bonds. The summed E-state index contributed by atoms with van der Waals surface area (Å²) in [6.07, 6.45) is 0.716. The van der Waals surface area contributed by atoms with Crippen molar-refractivity contribution in [1.82, 2.24) is 5.32 Å². The van der Waals surface area contributed by atoms with Gasteiger partial charge in [-0.05, 0) is 42.8 Å². The van der Waals surface area contributed by atoms with Crippen LogP contribution in [-0.4, -0.2) is 33.2 Å². The third kappa shape index (κ3) is 5.11. The molecular weight excluding hydrogens is 428 g/mol. The summed E-state index contributed by atoms with van der Waals surface area (Å²) in [6.45, 7) is 0.899. The van der Waals surface area contributed by atoms with Crippen molar-refractivity contribution in [1.29, 1.82) is 0 Å². The quantitative estimate of drug-likeness (QED) is 0.504.